The van der Waals surface area contributed by atoms with Crippen molar-refractivity contribution in [1.82, 2.24) is 4.98 Å². The molecule has 0 unspecified atom stereocenters. The number of benzene rings is 1. The standard InChI is InChI=1S/C15H15ClN2O2/c16-12-1-2-15-11(7-12)9-18(5-6-20-15)14-3-4-17-13(8-14)10-19/h1-4,7-8,19H,5-6,9-10H2. The highest BCUT2D eigenvalue weighted by Gasteiger charge is 2.16. The second-order valence-electron chi connectivity index (χ2n) is 4.69. The summed E-state index contributed by atoms with van der Waals surface area (Å²) in [5, 5.41) is 9.90. The Morgan fingerprint density at radius 2 is 2.20 bits per heavy atom. The average Bonchev–Trinajstić information content (AvgIpc) is 2.69. The first-order valence-electron chi connectivity index (χ1n) is 6.48. The van der Waals surface area contributed by atoms with Gasteiger partial charge in [-0.2, -0.15) is 0 Å². The number of fused-ring (bicyclic) bond motifs is 1. The molecule has 2 heterocycles. The molecule has 0 saturated carbocycles. The van der Waals surface area contributed by atoms with Crippen LogP contribution in [-0.4, -0.2) is 23.2 Å². The van der Waals surface area contributed by atoms with E-state index in [-0.39, 0.29) is 6.61 Å². The van der Waals surface area contributed by atoms with Gasteiger partial charge in [0.25, 0.3) is 0 Å². The van der Waals surface area contributed by atoms with Crippen molar-refractivity contribution in [3.05, 3.63) is 52.8 Å². The molecule has 1 aliphatic heterocycles. The van der Waals surface area contributed by atoms with Gasteiger partial charge in [0.2, 0.25) is 0 Å². The Balaban J connectivity index is 1.91. The van der Waals surface area contributed by atoms with E-state index in [1.165, 1.54) is 0 Å². The van der Waals surface area contributed by atoms with Crippen LogP contribution in [-0.2, 0) is 13.2 Å². The number of halogens is 1. The average molecular weight is 291 g/mol. The van der Waals surface area contributed by atoms with Crippen LogP contribution < -0.4 is 9.64 Å². The lowest BCUT2D eigenvalue weighted by Gasteiger charge is -2.22. The molecule has 0 radical (unpaired) electrons. The van der Waals surface area contributed by atoms with Crippen molar-refractivity contribution in [2.75, 3.05) is 18.1 Å². The van der Waals surface area contributed by atoms with Crippen LogP contribution in [0, 0.1) is 0 Å². The number of nitrogens with zero attached hydrogens (tertiary/aromatic N) is 2. The summed E-state index contributed by atoms with van der Waals surface area (Å²) in [5.74, 6) is 0.883. The molecule has 0 aliphatic carbocycles. The van der Waals surface area contributed by atoms with Crippen molar-refractivity contribution in [2.45, 2.75) is 13.2 Å². The third-order valence-corrected chi connectivity index (χ3v) is 3.56. The first-order valence-corrected chi connectivity index (χ1v) is 6.86. The fraction of sp³-hybridized carbons (Fsp3) is 0.267. The van der Waals surface area contributed by atoms with Gasteiger partial charge in [-0.05, 0) is 30.3 Å². The third kappa shape index (κ3) is 2.71. The molecule has 104 valence electrons. The lowest BCUT2D eigenvalue weighted by atomic mass is 10.2. The maximum Gasteiger partial charge on any atom is 0.124 e. The van der Waals surface area contributed by atoms with E-state index in [4.69, 9.17) is 16.3 Å². The Labute approximate surface area is 122 Å². The first kappa shape index (κ1) is 13.2. The molecule has 0 amide bonds. The predicted molar refractivity (Wildman–Crippen MR) is 78.2 cm³/mol. The Kier molecular flexibility index (Phi) is 3.76. The highest BCUT2D eigenvalue weighted by Crippen LogP contribution is 2.28. The minimum Gasteiger partial charge on any atom is -0.491 e. The molecule has 0 atom stereocenters. The van der Waals surface area contributed by atoms with Gasteiger partial charge in [0.15, 0.2) is 0 Å². The molecular formula is C15H15ClN2O2. The molecular weight excluding hydrogens is 276 g/mol. The van der Waals surface area contributed by atoms with Crippen molar-refractivity contribution in [2.24, 2.45) is 0 Å². The van der Waals surface area contributed by atoms with Crippen LogP contribution in [0.15, 0.2) is 36.5 Å². The molecule has 1 aromatic heterocycles. The topological polar surface area (TPSA) is 45.6 Å². The summed E-state index contributed by atoms with van der Waals surface area (Å²) in [7, 11) is 0. The van der Waals surface area contributed by atoms with Gasteiger partial charge in [0.05, 0.1) is 18.8 Å². The predicted octanol–water partition coefficient (Wildman–Crippen LogP) is 2.63. The quantitative estimate of drug-likeness (QED) is 0.923. The van der Waals surface area contributed by atoms with E-state index in [1.54, 1.807) is 6.20 Å². The van der Waals surface area contributed by atoms with Crippen LogP contribution in [0.1, 0.15) is 11.3 Å². The Morgan fingerprint density at radius 1 is 1.30 bits per heavy atom. The van der Waals surface area contributed by atoms with Gasteiger partial charge in [-0.25, -0.2) is 0 Å². The lowest BCUT2D eigenvalue weighted by molar-refractivity contribution is 0.277. The molecule has 2 aromatic rings. The Bertz CT molecular complexity index is 619. The Morgan fingerprint density at radius 3 is 3.05 bits per heavy atom. The van der Waals surface area contributed by atoms with Crippen LogP contribution in [0.25, 0.3) is 0 Å². The fourth-order valence-corrected chi connectivity index (χ4v) is 2.53. The summed E-state index contributed by atoms with van der Waals surface area (Å²) in [6.45, 7) is 2.07. The molecule has 4 nitrogen and oxygen atoms in total. The van der Waals surface area contributed by atoms with Gasteiger partial charge in [0, 0.05) is 29.0 Å². The minimum atomic E-state index is -0.0550. The molecule has 0 bridgehead atoms. The number of aliphatic hydroxyl groups excluding tert-OH is 1. The monoisotopic (exact) mass is 290 g/mol. The van der Waals surface area contributed by atoms with E-state index in [0.29, 0.717) is 17.3 Å². The zero-order valence-electron chi connectivity index (χ0n) is 10.9. The minimum absolute atomic E-state index is 0.0550. The number of ether oxygens (including phenoxy) is 1. The first-order chi connectivity index (χ1) is 9.76. The number of pyridine rings is 1. The lowest BCUT2D eigenvalue weighted by Crippen LogP contribution is -2.25. The molecule has 1 N–H and O–H groups in total. The van der Waals surface area contributed by atoms with Gasteiger partial charge in [-0.3, -0.25) is 4.98 Å². The zero-order valence-corrected chi connectivity index (χ0v) is 11.7. The second kappa shape index (κ2) is 5.69. The summed E-state index contributed by atoms with van der Waals surface area (Å²) >= 11 is 6.05. The van der Waals surface area contributed by atoms with Gasteiger partial charge in [-0.1, -0.05) is 11.6 Å². The van der Waals surface area contributed by atoms with Gasteiger partial charge in [0.1, 0.15) is 12.4 Å². The van der Waals surface area contributed by atoms with Crippen LogP contribution in [0.4, 0.5) is 5.69 Å². The summed E-state index contributed by atoms with van der Waals surface area (Å²) in [5.41, 5.74) is 2.76. The normalized spacial score (nSPS) is 14.4. The van der Waals surface area contributed by atoms with Gasteiger partial charge < -0.3 is 14.7 Å². The smallest absolute Gasteiger partial charge is 0.124 e. The number of rotatable bonds is 2. The van der Waals surface area contributed by atoms with Crippen molar-refractivity contribution in [3.8, 4) is 5.75 Å². The highest BCUT2D eigenvalue weighted by atomic mass is 35.5. The van der Waals surface area contributed by atoms with E-state index in [1.807, 2.05) is 30.3 Å². The summed E-state index contributed by atoms with van der Waals surface area (Å²) in [4.78, 5) is 6.30. The zero-order chi connectivity index (χ0) is 13.9. The van der Waals surface area contributed by atoms with Gasteiger partial charge >= 0.3 is 0 Å². The number of hydrogen-bond donors (Lipinski definition) is 1. The molecule has 1 aliphatic rings. The molecule has 0 saturated heterocycles. The molecule has 1 aromatic carbocycles. The largest absolute Gasteiger partial charge is 0.491 e. The molecule has 0 fully saturated rings. The van der Waals surface area contributed by atoms with Crippen molar-refractivity contribution in [3.63, 3.8) is 0 Å². The number of aliphatic hydroxyl groups is 1. The van der Waals surface area contributed by atoms with E-state index in [2.05, 4.69) is 9.88 Å². The van der Waals surface area contributed by atoms with Crippen molar-refractivity contribution >= 4 is 17.3 Å². The molecule has 3 rings (SSSR count). The SMILES string of the molecule is OCc1cc(N2CCOc3ccc(Cl)cc3C2)ccn1. The summed E-state index contributed by atoms with van der Waals surface area (Å²) in [6.07, 6.45) is 1.71. The maximum atomic E-state index is 9.19. The second-order valence-corrected chi connectivity index (χ2v) is 5.12. The van der Waals surface area contributed by atoms with Crippen LogP contribution in [0.3, 0.4) is 0 Å². The Hall–Kier alpha value is -1.78. The fourth-order valence-electron chi connectivity index (χ4n) is 2.33. The van der Waals surface area contributed by atoms with Crippen LogP contribution in [0.5, 0.6) is 5.75 Å². The van der Waals surface area contributed by atoms with Gasteiger partial charge in [-0.15, -0.1) is 0 Å². The van der Waals surface area contributed by atoms with Crippen molar-refractivity contribution < 1.29 is 9.84 Å². The summed E-state index contributed by atoms with van der Waals surface area (Å²) in [6, 6.07) is 9.52. The van der Waals surface area contributed by atoms with E-state index >= 15 is 0 Å². The van der Waals surface area contributed by atoms with Crippen LogP contribution >= 0.6 is 11.6 Å². The number of anilines is 1. The highest BCUT2D eigenvalue weighted by molar-refractivity contribution is 6.30. The van der Waals surface area contributed by atoms with E-state index in [0.717, 1.165) is 30.1 Å². The van der Waals surface area contributed by atoms with E-state index < -0.39 is 0 Å². The van der Waals surface area contributed by atoms with Crippen LogP contribution in [0.2, 0.25) is 5.02 Å². The molecule has 20 heavy (non-hydrogen) atoms. The third-order valence-electron chi connectivity index (χ3n) is 3.33. The summed E-state index contributed by atoms with van der Waals surface area (Å²) < 4.78 is 5.75. The van der Waals surface area contributed by atoms with E-state index in [9.17, 15) is 5.11 Å². The maximum absolute atomic E-state index is 9.19. The molecule has 0 spiro atoms. The number of hydrogen-bond acceptors (Lipinski definition) is 4. The number of aromatic nitrogens is 1. The molecule has 5 heteroatoms. The van der Waals surface area contributed by atoms with Crippen molar-refractivity contribution in [1.29, 1.82) is 0 Å².